The fourth-order valence-corrected chi connectivity index (χ4v) is 2.49. The van der Waals surface area contributed by atoms with Crippen molar-refractivity contribution in [2.24, 2.45) is 13.0 Å². The summed E-state index contributed by atoms with van der Waals surface area (Å²) in [6, 6.07) is 1.81. The van der Waals surface area contributed by atoms with E-state index in [1.54, 1.807) is 15.8 Å². The Morgan fingerprint density at radius 1 is 1.55 bits per heavy atom. The molecule has 2 heterocycles. The van der Waals surface area contributed by atoms with Gasteiger partial charge < -0.3 is 15.3 Å². The zero-order valence-electron chi connectivity index (χ0n) is 11.6. The maximum Gasteiger partial charge on any atom is 0.317 e. The van der Waals surface area contributed by atoms with E-state index in [0.29, 0.717) is 19.6 Å². The van der Waals surface area contributed by atoms with Crippen LogP contribution < -0.4 is 5.32 Å². The molecule has 0 spiro atoms. The fraction of sp³-hybridized carbons (Fsp3) is 0.615. The predicted molar refractivity (Wildman–Crippen MR) is 72.2 cm³/mol. The number of aryl methyl sites for hydroxylation is 1. The Labute approximate surface area is 117 Å². The highest BCUT2D eigenvalue weighted by Gasteiger charge is 2.27. The van der Waals surface area contributed by atoms with E-state index in [9.17, 15) is 9.59 Å². The monoisotopic (exact) mass is 280 g/mol. The van der Waals surface area contributed by atoms with Crippen molar-refractivity contribution in [3.63, 3.8) is 0 Å². The molecule has 110 valence electrons. The number of urea groups is 1. The van der Waals surface area contributed by atoms with E-state index in [4.69, 9.17) is 5.11 Å². The third kappa shape index (κ3) is 3.72. The first-order chi connectivity index (χ1) is 9.56. The maximum atomic E-state index is 11.9. The number of aromatic nitrogens is 2. The first kappa shape index (κ1) is 14.4. The molecule has 1 fully saturated rings. The van der Waals surface area contributed by atoms with Gasteiger partial charge in [-0.3, -0.25) is 9.48 Å². The van der Waals surface area contributed by atoms with Crippen LogP contribution in [0.4, 0.5) is 4.79 Å². The fourth-order valence-electron chi connectivity index (χ4n) is 2.49. The van der Waals surface area contributed by atoms with Crippen LogP contribution in [0.2, 0.25) is 0 Å². The Hall–Kier alpha value is -2.05. The molecule has 1 aromatic heterocycles. The molecule has 2 N–H and O–H groups in total. The minimum absolute atomic E-state index is 0.0790. The van der Waals surface area contributed by atoms with E-state index < -0.39 is 5.97 Å². The lowest BCUT2D eigenvalue weighted by Crippen LogP contribution is -2.39. The van der Waals surface area contributed by atoms with Crippen molar-refractivity contribution in [2.75, 3.05) is 19.6 Å². The van der Waals surface area contributed by atoms with E-state index >= 15 is 0 Å². The first-order valence-corrected chi connectivity index (χ1v) is 6.77. The predicted octanol–water partition coefficient (Wildman–Crippen LogP) is 0.469. The molecule has 2 amide bonds. The molecule has 7 heteroatoms. The Morgan fingerprint density at radius 3 is 3.00 bits per heavy atom. The lowest BCUT2D eigenvalue weighted by molar-refractivity contribution is -0.138. The second-order valence-electron chi connectivity index (χ2n) is 5.13. The van der Waals surface area contributed by atoms with Crippen molar-refractivity contribution in [3.8, 4) is 0 Å². The summed E-state index contributed by atoms with van der Waals surface area (Å²) >= 11 is 0. The molecule has 1 aliphatic heterocycles. The summed E-state index contributed by atoms with van der Waals surface area (Å²) in [6.45, 7) is 1.72. The summed E-state index contributed by atoms with van der Waals surface area (Å²) < 4.78 is 1.78. The number of nitrogens with one attached hydrogen (secondary N) is 1. The number of hydrogen-bond donors (Lipinski definition) is 2. The highest BCUT2D eigenvalue weighted by Crippen LogP contribution is 2.19. The van der Waals surface area contributed by atoms with Crippen LogP contribution in [0, 0.1) is 5.92 Å². The third-order valence-electron chi connectivity index (χ3n) is 3.62. The molecular weight excluding hydrogens is 260 g/mol. The normalized spacial score (nSPS) is 18.2. The maximum absolute atomic E-state index is 11.9. The van der Waals surface area contributed by atoms with Gasteiger partial charge in [0.05, 0.1) is 0 Å². The van der Waals surface area contributed by atoms with Crippen molar-refractivity contribution >= 4 is 12.0 Å². The molecule has 0 aliphatic carbocycles. The Bertz CT molecular complexity index is 486. The molecule has 0 aromatic carbocycles. The number of amides is 2. The van der Waals surface area contributed by atoms with E-state index in [-0.39, 0.29) is 18.4 Å². The van der Waals surface area contributed by atoms with Crippen LogP contribution in [-0.2, 0) is 18.3 Å². The summed E-state index contributed by atoms with van der Waals surface area (Å²) in [7, 11) is 1.87. The molecular formula is C13H20N4O3. The number of aliphatic carboxylic acids is 1. The molecule has 1 aliphatic rings. The highest BCUT2D eigenvalue weighted by molar-refractivity contribution is 5.74. The molecule has 20 heavy (non-hydrogen) atoms. The number of likely N-dealkylation sites (tertiary alicyclic amines) is 1. The molecule has 0 bridgehead atoms. The Balaban J connectivity index is 1.70. The van der Waals surface area contributed by atoms with Crippen LogP contribution in [0.25, 0.3) is 0 Å². The van der Waals surface area contributed by atoms with Gasteiger partial charge in [-0.2, -0.15) is 5.10 Å². The second kappa shape index (κ2) is 6.40. The molecule has 7 nitrogen and oxygen atoms in total. The summed E-state index contributed by atoms with van der Waals surface area (Å²) in [5.74, 6) is -0.719. The van der Waals surface area contributed by atoms with Crippen LogP contribution >= 0.6 is 0 Å². The SMILES string of the molecule is Cn1nccc1CCNC(=O)N1CCC(CC(=O)O)C1. The van der Waals surface area contributed by atoms with Gasteiger partial charge in [-0.25, -0.2) is 4.79 Å². The van der Waals surface area contributed by atoms with E-state index in [1.165, 1.54) is 0 Å². The summed E-state index contributed by atoms with van der Waals surface area (Å²) in [5.41, 5.74) is 1.07. The first-order valence-electron chi connectivity index (χ1n) is 6.77. The number of nitrogens with zero attached hydrogens (tertiary/aromatic N) is 3. The zero-order valence-corrected chi connectivity index (χ0v) is 11.6. The van der Waals surface area contributed by atoms with Gasteiger partial charge in [0.2, 0.25) is 0 Å². The van der Waals surface area contributed by atoms with Crippen molar-refractivity contribution < 1.29 is 14.7 Å². The summed E-state index contributed by atoms with van der Waals surface area (Å²) in [5, 5.41) is 15.7. The molecule has 2 rings (SSSR count). The number of carbonyl (C=O) groups is 2. The van der Waals surface area contributed by atoms with Crippen molar-refractivity contribution in [1.82, 2.24) is 20.0 Å². The molecule has 1 atom stereocenters. The smallest absolute Gasteiger partial charge is 0.317 e. The van der Waals surface area contributed by atoms with Gasteiger partial charge in [0, 0.05) is 51.4 Å². The van der Waals surface area contributed by atoms with Crippen LogP contribution in [0.5, 0.6) is 0 Å². The van der Waals surface area contributed by atoms with Gasteiger partial charge in [-0.05, 0) is 18.4 Å². The van der Waals surface area contributed by atoms with Crippen molar-refractivity contribution in [2.45, 2.75) is 19.3 Å². The number of rotatable bonds is 5. The van der Waals surface area contributed by atoms with Crippen LogP contribution in [0.1, 0.15) is 18.5 Å². The van der Waals surface area contributed by atoms with E-state index in [1.807, 2.05) is 13.1 Å². The van der Waals surface area contributed by atoms with Crippen LogP contribution in [-0.4, -0.2) is 51.4 Å². The highest BCUT2D eigenvalue weighted by atomic mass is 16.4. The van der Waals surface area contributed by atoms with Gasteiger partial charge in [0.25, 0.3) is 0 Å². The Kier molecular flexibility index (Phi) is 4.60. The minimum Gasteiger partial charge on any atom is -0.481 e. The van der Waals surface area contributed by atoms with E-state index in [0.717, 1.165) is 18.5 Å². The number of carboxylic acids is 1. The van der Waals surface area contributed by atoms with Crippen molar-refractivity contribution in [1.29, 1.82) is 0 Å². The number of hydrogen-bond acceptors (Lipinski definition) is 3. The van der Waals surface area contributed by atoms with Crippen LogP contribution in [0.15, 0.2) is 12.3 Å². The van der Waals surface area contributed by atoms with Gasteiger partial charge in [-0.1, -0.05) is 0 Å². The molecule has 1 unspecified atom stereocenters. The lowest BCUT2D eigenvalue weighted by Gasteiger charge is -2.17. The second-order valence-corrected chi connectivity index (χ2v) is 5.13. The number of carboxylic acid groups (broad SMARTS) is 1. The molecule has 1 aromatic rings. The quantitative estimate of drug-likeness (QED) is 0.820. The lowest BCUT2D eigenvalue weighted by atomic mass is 10.1. The van der Waals surface area contributed by atoms with Gasteiger partial charge in [-0.15, -0.1) is 0 Å². The largest absolute Gasteiger partial charge is 0.481 e. The van der Waals surface area contributed by atoms with Gasteiger partial charge >= 0.3 is 12.0 Å². The van der Waals surface area contributed by atoms with Gasteiger partial charge in [0.15, 0.2) is 0 Å². The van der Waals surface area contributed by atoms with Gasteiger partial charge in [0.1, 0.15) is 0 Å². The standard InChI is InChI=1S/C13H20N4O3/c1-16-11(3-6-15-16)2-5-14-13(20)17-7-4-10(9-17)8-12(18)19/h3,6,10H,2,4-5,7-9H2,1H3,(H,14,20)(H,18,19). The molecule has 1 saturated heterocycles. The number of carbonyl (C=O) groups excluding carboxylic acids is 1. The topological polar surface area (TPSA) is 87.5 Å². The summed E-state index contributed by atoms with van der Waals surface area (Å²) in [6.07, 6.45) is 3.36. The average molecular weight is 280 g/mol. The summed E-state index contributed by atoms with van der Waals surface area (Å²) in [4.78, 5) is 24.3. The average Bonchev–Trinajstić information content (AvgIpc) is 2.98. The molecule has 0 radical (unpaired) electrons. The van der Waals surface area contributed by atoms with E-state index in [2.05, 4.69) is 10.4 Å². The Morgan fingerprint density at radius 2 is 2.35 bits per heavy atom. The van der Waals surface area contributed by atoms with Crippen LogP contribution in [0.3, 0.4) is 0 Å². The molecule has 0 saturated carbocycles. The van der Waals surface area contributed by atoms with Crippen molar-refractivity contribution in [3.05, 3.63) is 18.0 Å². The minimum atomic E-state index is -0.798. The third-order valence-corrected chi connectivity index (χ3v) is 3.62. The zero-order chi connectivity index (χ0) is 14.5.